The zero-order valence-electron chi connectivity index (χ0n) is 7.13. The molecule has 2 aromatic rings. The molecule has 0 saturated heterocycles. The molecular weight excluding hydrogens is 242 g/mol. The van der Waals surface area contributed by atoms with Crippen LogP contribution in [0.5, 0.6) is 5.75 Å². The van der Waals surface area contributed by atoms with Gasteiger partial charge in [-0.05, 0) is 24.4 Å². The van der Waals surface area contributed by atoms with Gasteiger partial charge in [0.05, 0.1) is 5.52 Å². The van der Waals surface area contributed by atoms with Crippen LogP contribution < -0.4 is 4.18 Å². The predicted molar refractivity (Wildman–Crippen MR) is 53.6 cm³/mol. The highest BCUT2D eigenvalue weighted by Gasteiger charge is 2.08. The van der Waals surface area contributed by atoms with Crippen molar-refractivity contribution in [1.29, 1.82) is 0 Å². The highest BCUT2D eigenvalue weighted by atomic mass is 32.3. The third-order valence-electron chi connectivity index (χ3n) is 1.59. The lowest BCUT2D eigenvalue weighted by Crippen LogP contribution is -2.06. The van der Waals surface area contributed by atoms with E-state index in [1.165, 1.54) is 18.2 Å². The van der Waals surface area contributed by atoms with Gasteiger partial charge < -0.3 is 13.6 Å². The fourth-order valence-electron chi connectivity index (χ4n) is 1.10. The molecule has 0 aliphatic carbocycles. The molecule has 80 valence electrons. The van der Waals surface area contributed by atoms with Gasteiger partial charge in [0.1, 0.15) is 5.75 Å². The lowest BCUT2D eigenvalue weighted by molar-refractivity contribution is 0.387. The third-order valence-corrected chi connectivity index (χ3v) is 2.18. The maximum Gasteiger partial charge on any atom is 0.446 e. The Morgan fingerprint density at radius 2 is 2.20 bits per heavy atom. The summed E-state index contributed by atoms with van der Waals surface area (Å²) in [7, 11) is -4.51. The van der Waals surface area contributed by atoms with Gasteiger partial charge in [0.2, 0.25) is 0 Å². The Kier molecular flexibility index (Phi) is 2.25. The summed E-state index contributed by atoms with van der Waals surface area (Å²) in [6, 6.07) is 4.16. The molecule has 0 atom stereocenters. The summed E-state index contributed by atoms with van der Waals surface area (Å²) in [5.41, 5.74) is 0.962. The van der Waals surface area contributed by atoms with Crippen LogP contribution in [0.4, 0.5) is 0 Å². The number of benzene rings is 1. The van der Waals surface area contributed by atoms with Gasteiger partial charge in [-0.2, -0.15) is 8.42 Å². The van der Waals surface area contributed by atoms with E-state index in [9.17, 15) is 8.42 Å². The molecule has 0 bridgehead atoms. The largest absolute Gasteiger partial charge is 0.446 e. The molecule has 0 spiro atoms. The van der Waals surface area contributed by atoms with E-state index in [4.69, 9.17) is 21.2 Å². The molecule has 0 unspecified atom stereocenters. The van der Waals surface area contributed by atoms with Gasteiger partial charge in [-0.3, -0.25) is 4.55 Å². The topological polar surface area (TPSA) is 92.5 Å². The Morgan fingerprint density at radius 3 is 2.87 bits per heavy atom. The molecule has 0 saturated carbocycles. The Labute approximate surface area is 89.4 Å². The first-order valence-corrected chi connectivity index (χ1v) is 5.51. The average Bonchev–Trinajstić information content (AvgIpc) is 2.40. The number of hydrogen-bond donors (Lipinski definition) is 2. The maximum atomic E-state index is 10.4. The minimum absolute atomic E-state index is 0.0305. The Morgan fingerprint density at radius 1 is 1.47 bits per heavy atom. The van der Waals surface area contributed by atoms with Crippen LogP contribution in [0.3, 0.4) is 0 Å². The van der Waals surface area contributed by atoms with Gasteiger partial charge in [0, 0.05) is 6.07 Å². The number of fused-ring (bicyclic) bond motifs is 1. The van der Waals surface area contributed by atoms with Crippen LogP contribution in [0.15, 0.2) is 22.6 Å². The standard InChI is InChI=1S/C7H5NO5S2/c9-15(10,11)13-4-1-2-6-5(3-4)8-7(14)12-6/h1-3H,(H,8,14)(H,9,10,11). The van der Waals surface area contributed by atoms with E-state index >= 15 is 0 Å². The molecule has 1 aromatic heterocycles. The molecule has 1 heterocycles. The van der Waals surface area contributed by atoms with Gasteiger partial charge in [0.25, 0.3) is 4.84 Å². The SMILES string of the molecule is O=S(=O)(O)Oc1ccc2oc(=S)[nH]c2c1. The van der Waals surface area contributed by atoms with Crippen molar-refractivity contribution >= 4 is 33.7 Å². The van der Waals surface area contributed by atoms with Crippen LogP contribution in [0, 0.1) is 4.84 Å². The highest BCUT2D eigenvalue weighted by Crippen LogP contribution is 2.20. The lowest BCUT2D eigenvalue weighted by atomic mass is 10.3. The fraction of sp³-hybridized carbons (Fsp3) is 0. The predicted octanol–water partition coefficient (Wildman–Crippen LogP) is 1.67. The highest BCUT2D eigenvalue weighted by molar-refractivity contribution is 7.81. The minimum atomic E-state index is -4.51. The average molecular weight is 247 g/mol. The summed E-state index contributed by atoms with van der Waals surface area (Å²) in [6.07, 6.45) is 0. The van der Waals surface area contributed by atoms with Crippen molar-refractivity contribution in [3.05, 3.63) is 23.0 Å². The molecule has 8 heteroatoms. The van der Waals surface area contributed by atoms with E-state index in [1.807, 2.05) is 0 Å². The molecule has 0 amide bonds. The quantitative estimate of drug-likeness (QED) is 0.619. The fourth-order valence-corrected chi connectivity index (χ4v) is 1.65. The normalized spacial score (nSPS) is 11.8. The molecule has 0 aliphatic heterocycles. The first-order chi connectivity index (χ1) is 6.94. The summed E-state index contributed by atoms with van der Waals surface area (Å²) < 4.78 is 38.6. The van der Waals surface area contributed by atoms with E-state index in [1.54, 1.807) is 0 Å². The van der Waals surface area contributed by atoms with Crippen LogP contribution >= 0.6 is 12.2 Å². The maximum absolute atomic E-state index is 10.4. The van der Waals surface area contributed by atoms with Crippen LogP contribution in [0.1, 0.15) is 0 Å². The zero-order valence-corrected chi connectivity index (χ0v) is 8.76. The third kappa shape index (κ3) is 2.35. The summed E-state index contributed by atoms with van der Waals surface area (Å²) >= 11 is 4.74. The molecule has 1 aromatic carbocycles. The van der Waals surface area contributed by atoms with E-state index < -0.39 is 10.4 Å². The second-order valence-electron chi connectivity index (χ2n) is 2.68. The van der Waals surface area contributed by atoms with Crippen LogP contribution in [-0.2, 0) is 10.4 Å². The monoisotopic (exact) mass is 247 g/mol. The van der Waals surface area contributed by atoms with E-state index in [0.29, 0.717) is 11.1 Å². The first kappa shape index (κ1) is 10.1. The van der Waals surface area contributed by atoms with Crippen LogP contribution in [0.25, 0.3) is 11.1 Å². The Hall–Kier alpha value is -1.38. The number of nitrogens with one attached hydrogen (secondary N) is 1. The van der Waals surface area contributed by atoms with Crippen molar-refractivity contribution in [3.8, 4) is 5.75 Å². The van der Waals surface area contributed by atoms with Gasteiger partial charge >= 0.3 is 10.4 Å². The first-order valence-electron chi connectivity index (χ1n) is 3.74. The summed E-state index contributed by atoms with van der Waals surface area (Å²) in [5.74, 6) is -0.0305. The van der Waals surface area contributed by atoms with Crippen molar-refractivity contribution in [2.24, 2.45) is 0 Å². The van der Waals surface area contributed by atoms with Crippen LogP contribution in [-0.4, -0.2) is 18.0 Å². The molecule has 0 radical (unpaired) electrons. The van der Waals surface area contributed by atoms with Crippen molar-refractivity contribution in [1.82, 2.24) is 4.98 Å². The van der Waals surface area contributed by atoms with Crippen molar-refractivity contribution in [2.75, 3.05) is 0 Å². The van der Waals surface area contributed by atoms with Crippen molar-refractivity contribution in [2.45, 2.75) is 0 Å². The molecule has 2 N–H and O–H groups in total. The van der Waals surface area contributed by atoms with Gasteiger partial charge in [-0.1, -0.05) is 0 Å². The molecule has 0 fully saturated rings. The van der Waals surface area contributed by atoms with E-state index in [2.05, 4.69) is 9.17 Å². The molecule has 15 heavy (non-hydrogen) atoms. The van der Waals surface area contributed by atoms with Crippen molar-refractivity contribution < 1.29 is 21.6 Å². The number of oxazole rings is 1. The smallest absolute Gasteiger partial charge is 0.429 e. The number of aromatic nitrogens is 1. The minimum Gasteiger partial charge on any atom is -0.429 e. The van der Waals surface area contributed by atoms with Crippen LogP contribution in [0.2, 0.25) is 0 Å². The van der Waals surface area contributed by atoms with Gasteiger partial charge in [0.15, 0.2) is 5.58 Å². The zero-order chi connectivity index (χ0) is 11.1. The van der Waals surface area contributed by atoms with E-state index in [0.717, 1.165) is 0 Å². The molecule has 6 nitrogen and oxygen atoms in total. The Bertz CT molecular complexity index is 653. The van der Waals surface area contributed by atoms with E-state index in [-0.39, 0.29) is 10.6 Å². The number of hydrogen-bond acceptors (Lipinski definition) is 5. The van der Waals surface area contributed by atoms with Crippen molar-refractivity contribution in [3.63, 3.8) is 0 Å². The summed E-state index contributed by atoms with van der Waals surface area (Å²) in [5, 5.41) is 0. The molecule has 2 rings (SSSR count). The molecular formula is C7H5NO5S2. The number of aromatic amines is 1. The second kappa shape index (κ2) is 3.33. The molecule has 0 aliphatic rings. The second-order valence-corrected chi connectivity index (χ2v) is 4.08. The van der Waals surface area contributed by atoms with Gasteiger partial charge in [-0.15, -0.1) is 0 Å². The number of rotatable bonds is 2. The van der Waals surface area contributed by atoms with Gasteiger partial charge in [-0.25, -0.2) is 0 Å². The lowest BCUT2D eigenvalue weighted by Gasteiger charge is -1.99. The number of H-pyrrole nitrogens is 1. The summed E-state index contributed by atoms with van der Waals surface area (Å²) in [6.45, 7) is 0. The Balaban J connectivity index is 2.51. The summed E-state index contributed by atoms with van der Waals surface area (Å²) in [4.78, 5) is 2.85.